The molecule has 4 nitrogen and oxygen atoms in total. The number of rotatable bonds is 1. The Morgan fingerprint density at radius 1 is 1.55 bits per heavy atom. The van der Waals surface area contributed by atoms with Crippen molar-refractivity contribution in [1.29, 1.82) is 5.41 Å². The number of nitrogens with two attached hydrogens (primary N) is 1. The molecular weight excluding hydrogens is 142 g/mol. The zero-order chi connectivity index (χ0) is 8.27. The van der Waals surface area contributed by atoms with Crippen LogP contribution in [-0.2, 0) is 4.79 Å². The molecule has 11 heavy (non-hydrogen) atoms. The lowest BCUT2D eigenvalue weighted by molar-refractivity contribution is 0.299. The molecular formula is C7H12N3O. The van der Waals surface area contributed by atoms with Gasteiger partial charge in [-0.05, 0) is 12.8 Å². The molecule has 0 atom stereocenters. The Balaban J connectivity index is 2.35. The first-order chi connectivity index (χ1) is 5.24. The third kappa shape index (κ3) is 1.93. The molecule has 0 aromatic carbocycles. The summed E-state index contributed by atoms with van der Waals surface area (Å²) in [4.78, 5) is 12.0. The first-order valence-corrected chi connectivity index (χ1v) is 3.70. The molecule has 0 aromatic rings. The first-order valence-electron chi connectivity index (χ1n) is 3.70. The lowest BCUT2D eigenvalue weighted by Crippen LogP contribution is -2.42. The van der Waals surface area contributed by atoms with Gasteiger partial charge in [0.05, 0.1) is 0 Å². The number of carbonyl (C=O) groups excluding carboxylic acids is 1. The van der Waals surface area contributed by atoms with Crippen molar-refractivity contribution in [1.82, 2.24) is 4.90 Å². The molecule has 1 heterocycles. The Bertz CT molecular complexity index is 161. The Kier molecular flexibility index (Phi) is 2.46. The van der Waals surface area contributed by atoms with Gasteiger partial charge in [-0.2, -0.15) is 0 Å². The molecule has 1 aliphatic heterocycles. The van der Waals surface area contributed by atoms with Crippen molar-refractivity contribution in [2.24, 2.45) is 11.7 Å². The van der Waals surface area contributed by atoms with Crippen molar-refractivity contribution < 1.29 is 4.79 Å². The third-order valence-electron chi connectivity index (χ3n) is 2.00. The van der Waals surface area contributed by atoms with Crippen molar-refractivity contribution in [3.63, 3.8) is 0 Å². The summed E-state index contributed by atoms with van der Waals surface area (Å²) in [6, 6.07) is 0. The van der Waals surface area contributed by atoms with E-state index in [1.54, 1.807) is 4.90 Å². The van der Waals surface area contributed by atoms with Crippen molar-refractivity contribution >= 4 is 12.2 Å². The smallest absolute Gasteiger partial charge is 0.201 e. The molecule has 4 heteroatoms. The normalized spacial score (nSPS) is 19.8. The van der Waals surface area contributed by atoms with Crippen molar-refractivity contribution in [3.8, 4) is 0 Å². The fourth-order valence-corrected chi connectivity index (χ4v) is 1.24. The van der Waals surface area contributed by atoms with Crippen LogP contribution < -0.4 is 5.73 Å². The SMILES string of the molecule is N=C(N)N1CCC([C]=O)CC1. The zero-order valence-corrected chi connectivity index (χ0v) is 6.34. The maximum Gasteiger partial charge on any atom is 0.201 e. The number of nitrogens with zero attached hydrogens (tertiary/aromatic N) is 1. The predicted octanol–water partition coefficient (Wildman–Crippen LogP) is -0.298. The predicted molar refractivity (Wildman–Crippen MR) is 41.9 cm³/mol. The number of likely N-dealkylation sites (tertiary alicyclic amines) is 1. The van der Waals surface area contributed by atoms with Crippen LogP contribution in [0.4, 0.5) is 0 Å². The minimum Gasteiger partial charge on any atom is -0.370 e. The number of hydrogen-bond donors (Lipinski definition) is 2. The second-order valence-corrected chi connectivity index (χ2v) is 2.76. The molecule has 0 unspecified atom stereocenters. The van der Waals surface area contributed by atoms with E-state index < -0.39 is 0 Å². The molecule has 1 fully saturated rings. The molecule has 1 aliphatic rings. The summed E-state index contributed by atoms with van der Waals surface area (Å²) < 4.78 is 0. The summed E-state index contributed by atoms with van der Waals surface area (Å²) in [5.74, 6) is 0.167. The average molecular weight is 154 g/mol. The molecule has 1 rings (SSSR count). The maximum absolute atomic E-state index is 10.2. The van der Waals surface area contributed by atoms with Crippen LogP contribution in [0.25, 0.3) is 0 Å². The number of guanidine groups is 1. The van der Waals surface area contributed by atoms with Crippen molar-refractivity contribution in [2.45, 2.75) is 12.8 Å². The molecule has 0 saturated carbocycles. The van der Waals surface area contributed by atoms with Crippen LogP contribution in [0, 0.1) is 11.3 Å². The van der Waals surface area contributed by atoms with Gasteiger partial charge in [-0.3, -0.25) is 10.2 Å². The van der Waals surface area contributed by atoms with Gasteiger partial charge in [-0.15, -0.1) is 0 Å². The van der Waals surface area contributed by atoms with Gasteiger partial charge in [0.1, 0.15) is 0 Å². The third-order valence-corrected chi connectivity index (χ3v) is 2.00. The summed E-state index contributed by atoms with van der Waals surface area (Å²) in [5.41, 5.74) is 5.26. The molecule has 0 aliphatic carbocycles. The number of hydrogen-bond acceptors (Lipinski definition) is 2. The molecule has 0 amide bonds. The van der Waals surface area contributed by atoms with E-state index in [9.17, 15) is 4.79 Å². The summed E-state index contributed by atoms with van der Waals surface area (Å²) >= 11 is 0. The highest BCUT2D eigenvalue weighted by molar-refractivity contribution is 5.74. The van der Waals surface area contributed by atoms with Crippen LogP contribution in [-0.4, -0.2) is 30.2 Å². The van der Waals surface area contributed by atoms with Gasteiger partial charge >= 0.3 is 0 Å². The standard InChI is InChI=1S/C7H12N3O/c8-7(9)10-3-1-6(5-11)2-4-10/h6H,1-4H2,(H3,8,9). The second kappa shape index (κ2) is 3.37. The zero-order valence-electron chi connectivity index (χ0n) is 6.34. The first kappa shape index (κ1) is 8.04. The summed E-state index contributed by atoms with van der Waals surface area (Å²) in [6.07, 6.45) is 3.54. The lowest BCUT2D eigenvalue weighted by atomic mass is 9.99. The van der Waals surface area contributed by atoms with Crippen LogP contribution in [0.15, 0.2) is 0 Å². The summed E-state index contributed by atoms with van der Waals surface area (Å²) in [7, 11) is 0. The second-order valence-electron chi connectivity index (χ2n) is 2.76. The Labute approximate surface area is 65.9 Å². The summed E-state index contributed by atoms with van der Waals surface area (Å²) in [5, 5.41) is 7.12. The van der Waals surface area contributed by atoms with Gasteiger partial charge in [0, 0.05) is 19.0 Å². The largest absolute Gasteiger partial charge is 0.370 e. The van der Waals surface area contributed by atoms with E-state index in [1.165, 1.54) is 0 Å². The van der Waals surface area contributed by atoms with Gasteiger partial charge < -0.3 is 10.6 Å². The molecule has 3 N–H and O–H groups in total. The minimum absolute atomic E-state index is 0.0607. The van der Waals surface area contributed by atoms with Crippen molar-refractivity contribution in [2.75, 3.05) is 13.1 Å². The Morgan fingerprint density at radius 2 is 2.09 bits per heavy atom. The Hall–Kier alpha value is -1.06. The topological polar surface area (TPSA) is 70.2 Å². The van der Waals surface area contributed by atoms with Crippen molar-refractivity contribution in [3.05, 3.63) is 0 Å². The molecule has 1 radical (unpaired) electrons. The van der Waals surface area contributed by atoms with Crippen LogP contribution in [0.2, 0.25) is 0 Å². The Morgan fingerprint density at radius 3 is 2.45 bits per heavy atom. The fraction of sp³-hybridized carbons (Fsp3) is 0.714. The van der Waals surface area contributed by atoms with E-state index in [0.29, 0.717) is 0 Å². The molecule has 0 bridgehead atoms. The number of nitrogens with one attached hydrogen (secondary N) is 1. The van der Waals surface area contributed by atoms with Crippen LogP contribution in [0.1, 0.15) is 12.8 Å². The van der Waals surface area contributed by atoms with Gasteiger partial charge in [-0.25, -0.2) is 0 Å². The monoisotopic (exact) mass is 154 g/mol. The van der Waals surface area contributed by atoms with Crippen LogP contribution in [0.3, 0.4) is 0 Å². The summed E-state index contributed by atoms with van der Waals surface area (Å²) in [6.45, 7) is 1.44. The number of piperidine rings is 1. The van der Waals surface area contributed by atoms with E-state index in [0.717, 1.165) is 25.9 Å². The fourth-order valence-electron chi connectivity index (χ4n) is 1.24. The van der Waals surface area contributed by atoms with E-state index in [4.69, 9.17) is 11.1 Å². The highest BCUT2D eigenvalue weighted by atomic mass is 16.1. The van der Waals surface area contributed by atoms with E-state index in [1.807, 2.05) is 6.29 Å². The highest BCUT2D eigenvalue weighted by Gasteiger charge is 2.19. The molecule has 0 spiro atoms. The van der Waals surface area contributed by atoms with E-state index in [-0.39, 0.29) is 11.9 Å². The highest BCUT2D eigenvalue weighted by Crippen LogP contribution is 2.13. The average Bonchev–Trinajstić information content (AvgIpc) is 2.05. The van der Waals surface area contributed by atoms with E-state index >= 15 is 0 Å². The van der Waals surface area contributed by atoms with Gasteiger partial charge in [0.15, 0.2) is 5.96 Å². The van der Waals surface area contributed by atoms with Gasteiger partial charge in [0.25, 0.3) is 0 Å². The van der Waals surface area contributed by atoms with E-state index in [2.05, 4.69) is 0 Å². The quantitative estimate of drug-likeness (QED) is 0.402. The molecule has 61 valence electrons. The maximum atomic E-state index is 10.2. The minimum atomic E-state index is 0.0607. The van der Waals surface area contributed by atoms with Crippen LogP contribution in [0.5, 0.6) is 0 Å². The van der Waals surface area contributed by atoms with Crippen LogP contribution >= 0.6 is 0 Å². The lowest BCUT2D eigenvalue weighted by Gasteiger charge is -2.29. The molecule has 1 saturated heterocycles. The van der Waals surface area contributed by atoms with Gasteiger partial charge in [0.2, 0.25) is 6.29 Å². The van der Waals surface area contributed by atoms with Gasteiger partial charge in [-0.1, -0.05) is 0 Å². The molecule has 0 aromatic heterocycles.